The Kier molecular flexibility index (Phi) is 5.22. The molecule has 0 saturated heterocycles. The van der Waals surface area contributed by atoms with Crippen LogP contribution in [0.4, 0.5) is 0 Å². The zero-order valence-electron chi connectivity index (χ0n) is 10.7. The summed E-state index contributed by atoms with van der Waals surface area (Å²) in [6, 6.07) is 1.68. The normalized spacial score (nSPS) is 10.5. The molecule has 5 nitrogen and oxygen atoms in total. The van der Waals surface area contributed by atoms with Crippen molar-refractivity contribution >= 4 is 23.5 Å². The number of halogens is 1. The molecule has 1 rings (SSSR count). The van der Waals surface area contributed by atoms with Gasteiger partial charge in [-0.05, 0) is 26.8 Å². The lowest BCUT2D eigenvalue weighted by molar-refractivity contribution is -0.141. The molecule has 0 aliphatic heterocycles. The van der Waals surface area contributed by atoms with Gasteiger partial charge in [0, 0.05) is 12.2 Å². The Hall–Kier alpha value is -1.49. The van der Waals surface area contributed by atoms with Crippen LogP contribution in [0.5, 0.6) is 0 Å². The van der Waals surface area contributed by atoms with Gasteiger partial charge in [0.15, 0.2) is 0 Å². The van der Waals surface area contributed by atoms with Crippen LogP contribution >= 0.6 is 11.6 Å². The van der Waals surface area contributed by atoms with Crippen molar-refractivity contribution in [3.63, 3.8) is 0 Å². The monoisotopic (exact) mass is 272 g/mol. The molecule has 0 radical (unpaired) electrons. The molecule has 1 amide bonds. The number of carbonyl (C=O) groups is 2. The van der Waals surface area contributed by atoms with Crippen molar-refractivity contribution in [2.24, 2.45) is 0 Å². The fourth-order valence-corrected chi connectivity index (χ4v) is 1.72. The van der Waals surface area contributed by atoms with Crippen molar-refractivity contribution in [1.82, 2.24) is 9.88 Å². The van der Waals surface area contributed by atoms with Gasteiger partial charge in [-0.2, -0.15) is 0 Å². The highest BCUT2D eigenvalue weighted by Gasteiger charge is 2.15. The van der Waals surface area contributed by atoms with Gasteiger partial charge < -0.3 is 14.6 Å². The van der Waals surface area contributed by atoms with Gasteiger partial charge in [-0.1, -0.05) is 11.6 Å². The Morgan fingerprint density at radius 3 is 2.72 bits per heavy atom. The van der Waals surface area contributed by atoms with Gasteiger partial charge in [0.2, 0.25) is 0 Å². The number of nitrogens with one attached hydrogen (secondary N) is 1. The van der Waals surface area contributed by atoms with Crippen molar-refractivity contribution in [3.8, 4) is 0 Å². The van der Waals surface area contributed by atoms with Gasteiger partial charge in [-0.15, -0.1) is 0 Å². The van der Waals surface area contributed by atoms with E-state index in [-0.39, 0.29) is 18.5 Å². The Bertz CT molecular complexity index is 441. The third-order valence-corrected chi connectivity index (χ3v) is 2.51. The van der Waals surface area contributed by atoms with Gasteiger partial charge in [0.25, 0.3) is 5.91 Å². The number of nitrogens with zero attached hydrogens (tertiary/aromatic N) is 1. The Morgan fingerprint density at radius 2 is 2.17 bits per heavy atom. The standard InChI is InChI=1S/C12H17ClN2O3/c1-4-18-11(16)6-14-12(17)10-5-9(13)7-15(10)8(2)3/h5,7-8H,4,6H2,1-3H3,(H,14,17). The number of ether oxygens (including phenoxy) is 1. The van der Waals surface area contributed by atoms with Crippen molar-refractivity contribution in [2.75, 3.05) is 13.2 Å². The number of carbonyl (C=O) groups excluding carboxylic acids is 2. The highest BCUT2D eigenvalue weighted by atomic mass is 35.5. The van der Waals surface area contributed by atoms with Crippen molar-refractivity contribution in [1.29, 1.82) is 0 Å². The molecular weight excluding hydrogens is 256 g/mol. The number of amides is 1. The quantitative estimate of drug-likeness (QED) is 0.834. The lowest BCUT2D eigenvalue weighted by Crippen LogP contribution is -2.32. The number of hydrogen-bond donors (Lipinski definition) is 1. The summed E-state index contributed by atoms with van der Waals surface area (Å²) in [6.07, 6.45) is 1.69. The topological polar surface area (TPSA) is 60.3 Å². The summed E-state index contributed by atoms with van der Waals surface area (Å²) in [5.74, 6) is -0.803. The summed E-state index contributed by atoms with van der Waals surface area (Å²) in [6.45, 7) is 5.75. The predicted octanol–water partition coefficient (Wildman–Crippen LogP) is 2.02. The molecule has 0 bridgehead atoms. The second kappa shape index (κ2) is 6.44. The summed E-state index contributed by atoms with van der Waals surface area (Å²) < 4.78 is 6.48. The zero-order chi connectivity index (χ0) is 13.7. The van der Waals surface area contributed by atoms with E-state index in [9.17, 15) is 9.59 Å². The fraction of sp³-hybridized carbons (Fsp3) is 0.500. The summed E-state index contributed by atoms with van der Waals surface area (Å²) in [5.41, 5.74) is 0.430. The van der Waals surface area contributed by atoms with Crippen LogP contribution in [0.3, 0.4) is 0 Å². The van der Waals surface area contributed by atoms with Gasteiger partial charge in [0.1, 0.15) is 12.2 Å². The highest BCUT2D eigenvalue weighted by molar-refractivity contribution is 6.31. The number of aromatic nitrogens is 1. The summed E-state index contributed by atoms with van der Waals surface area (Å²) in [5, 5.41) is 2.99. The van der Waals surface area contributed by atoms with Gasteiger partial charge in [-0.25, -0.2) is 0 Å². The molecule has 100 valence electrons. The maximum Gasteiger partial charge on any atom is 0.325 e. The maximum atomic E-state index is 11.9. The number of esters is 1. The van der Waals surface area contributed by atoms with E-state index in [1.54, 1.807) is 23.8 Å². The molecular formula is C12H17ClN2O3. The summed E-state index contributed by atoms with van der Waals surface area (Å²) in [4.78, 5) is 23.0. The lowest BCUT2D eigenvalue weighted by atomic mass is 10.3. The first-order valence-corrected chi connectivity index (χ1v) is 6.14. The molecule has 0 unspecified atom stereocenters. The molecule has 0 aliphatic carbocycles. The third-order valence-electron chi connectivity index (χ3n) is 2.30. The smallest absolute Gasteiger partial charge is 0.325 e. The van der Waals surface area contributed by atoms with E-state index in [2.05, 4.69) is 5.32 Å². The highest BCUT2D eigenvalue weighted by Crippen LogP contribution is 2.18. The SMILES string of the molecule is CCOC(=O)CNC(=O)c1cc(Cl)cn1C(C)C. The largest absolute Gasteiger partial charge is 0.465 e. The average Bonchev–Trinajstić information content (AvgIpc) is 2.69. The second-order valence-electron chi connectivity index (χ2n) is 4.03. The summed E-state index contributed by atoms with van der Waals surface area (Å²) >= 11 is 5.87. The Morgan fingerprint density at radius 1 is 1.50 bits per heavy atom. The van der Waals surface area contributed by atoms with E-state index in [0.717, 1.165) is 0 Å². The van der Waals surface area contributed by atoms with Crippen LogP contribution in [0, 0.1) is 0 Å². The van der Waals surface area contributed by atoms with Crippen molar-refractivity contribution < 1.29 is 14.3 Å². The van der Waals surface area contributed by atoms with Gasteiger partial charge in [-0.3, -0.25) is 9.59 Å². The van der Waals surface area contributed by atoms with E-state index in [0.29, 0.717) is 17.3 Å². The molecule has 0 spiro atoms. The number of hydrogen-bond acceptors (Lipinski definition) is 3. The first-order valence-electron chi connectivity index (χ1n) is 5.76. The Labute approximate surface area is 111 Å². The minimum Gasteiger partial charge on any atom is -0.465 e. The molecule has 1 aromatic heterocycles. The van der Waals surface area contributed by atoms with E-state index < -0.39 is 5.97 Å². The third kappa shape index (κ3) is 3.77. The molecule has 0 aliphatic rings. The van der Waals surface area contributed by atoms with Crippen molar-refractivity contribution in [3.05, 3.63) is 23.0 Å². The van der Waals surface area contributed by atoms with Crippen LogP contribution in [0.15, 0.2) is 12.3 Å². The molecule has 1 heterocycles. The lowest BCUT2D eigenvalue weighted by Gasteiger charge is -2.12. The molecule has 1 N–H and O–H groups in total. The molecule has 0 atom stereocenters. The minimum atomic E-state index is -0.459. The van der Waals surface area contributed by atoms with Crippen LogP contribution in [-0.4, -0.2) is 29.6 Å². The molecule has 6 heteroatoms. The predicted molar refractivity (Wildman–Crippen MR) is 68.8 cm³/mol. The molecule has 18 heavy (non-hydrogen) atoms. The van der Waals surface area contributed by atoms with E-state index >= 15 is 0 Å². The maximum absolute atomic E-state index is 11.9. The molecule has 0 saturated carbocycles. The minimum absolute atomic E-state index is 0.112. The van der Waals surface area contributed by atoms with E-state index in [1.807, 2.05) is 13.8 Å². The van der Waals surface area contributed by atoms with Gasteiger partial charge >= 0.3 is 5.97 Å². The van der Waals surface area contributed by atoms with Crippen LogP contribution in [0.25, 0.3) is 0 Å². The Balaban J connectivity index is 2.69. The van der Waals surface area contributed by atoms with Crippen LogP contribution in [0.2, 0.25) is 5.02 Å². The molecule has 0 fully saturated rings. The molecule has 0 aromatic carbocycles. The van der Waals surface area contributed by atoms with Crippen LogP contribution in [0.1, 0.15) is 37.3 Å². The second-order valence-corrected chi connectivity index (χ2v) is 4.47. The first-order chi connectivity index (χ1) is 8.45. The number of rotatable bonds is 5. The first kappa shape index (κ1) is 14.6. The van der Waals surface area contributed by atoms with Crippen molar-refractivity contribution in [2.45, 2.75) is 26.8 Å². The fourth-order valence-electron chi connectivity index (χ4n) is 1.51. The average molecular weight is 273 g/mol. The zero-order valence-corrected chi connectivity index (χ0v) is 11.5. The van der Waals surface area contributed by atoms with Crippen LogP contribution < -0.4 is 5.32 Å². The molecule has 1 aromatic rings. The van der Waals surface area contributed by atoms with E-state index in [4.69, 9.17) is 16.3 Å². The van der Waals surface area contributed by atoms with E-state index in [1.165, 1.54) is 0 Å². The summed E-state index contributed by atoms with van der Waals surface area (Å²) in [7, 11) is 0. The van der Waals surface area contributed by atoms with Gasteiger partial charge in [0.05, 0.1) is 11.6 Å². The van der Waals surface area contributed by atoms with Crippen LogP contribution in [-0.2, 0) is 9.53 Å².